The van der Waals surface area contributed by atoms with Crippen LogP contribution >= 0.6 is 0 Å². The molecule has 0 fully saturated rings. The summed E-state index contributed by atoms with van der Waals surface area (Å²) in [5, 5.41) is 1.96. The molecule has 1 amide bonds. The third-order valence-electron chi connectivity index (χ3n) is 5.12. The summed E-state index contributed by atoms with van der Waals surface area (Å²) in [6.45, 7) is 1.09. The smallest absolute Gasteiger partial charge is 0.416 e. The van der Waals surface area contributed by atoms with Crippen molar-refractivity contribution < 1.29 is 44.3 Å². The number of carbonyl (C=O) groups is 1. The van der Waals surface area contributed by atoms with Gasteiger partial charge in [0.15, 0.2) is 6.61 Å². The second-order valence-corrected chi connectivity index (χ2v) is 9.88. The van der Waals surface area contributed by atoms with E-state index >= 15 is 0 Å². The third-order valence-corrected chi connectivity index (χ3v) is 6.92. The van der Waals surface area contributed by atoms with Crippen LogP contribution < -0.4 is 14.4 Å². The van der Waals surface area contributed by atoms with E-state index in [4.69, 9.17) is 4.74 Å². The summed E-state index contributed by atoms with van der Waals surface area (Å²) in [5.41, 5.74) is -2.67. The predicted octanol–water partition coefficient (Wildman–Crippen LogP) is 5.88. The highest BCUT2D eigenvalue weighted by atomic mass is 32.2. The lowest BCUT2D eigenvalue weighted by molar-refractivity contribution is -0.143. The number of benzene rings is 3. The number of halogens is 6. The molecule has 6 nitrogen and oxygen atoms in total. The van der Waals surface area contributed by atoms with E-state index in [-0.39, 0.29) is 22.4 Å². The molecule has 13 heteroatoms. The Morgan fingerprint density at radius 1 is 0.865 bits per heavy atom. The maximum atomic E-state index is 13.0. The first-order chi connectivity index (χ1) is 17.1. The van der Waals surface area contributed by atoms with E-state index in [1.807, 2.05) is 12.2 Å². The van der Waals surface area contributed by atoms with Crippen LogP contribution in [0.25, 0.3) is 0 Å². The van der Waals surface area contributed by atoms with E-state index in [1.54, 1.807) is 12.1 Å². The molecule has 37 heavy (non-hydrogen) atoms. The molecule has 0 saturated carbocycles. The van der Waals surface area contributed by atoms with Crippen molar-refractivity contribution in [3.8, 4) is 5.75 Å². The summed E-state index contributed by atoms with van der Waals surface area (Å²) in [5.74, 6) is -0.893. The Balaban J connectivity index is 1.67. The van der Waals surface area contributed by atoms with Gasteiger partial charge in [0.2, 0.25) is 0 Å². The number of sulfonamides is 1. The minimum atomic E-state index is -5.06. The normalized spacial score (nSPS) is 12.2. The minimum Gasteiger partial charge on any atom is -0.484 e. The highest BCUT2D eigenvalue weighted by Gasteiger charge is 2.37. The van der Waals surface area contributed by atoms with Crippen molar-refractivity contribution >= 4 is 27.3 Å². The van der Waals surface area contributed by atoms with Crippen LogP contribution in [0.3, 0.4) is 0 Å². The second-order valence-electron chi connectivity index (χ2n) is 7.91. The van der Waals surface area contributed by atoms with Crippen molar-refractivity contribution in [2.75, 3.05) is 23.3 Å². The van der Waals surface area contributed by atoms with Crippen LogP contribution in [0.1, 0.15) is 16.7 Å². The molecule has 0 spiro atoms. The highest BCUT2D eigenvalue weighted by Crippen LogP contribution is 2.37. The van der Waals surface area contributed by atoms with Gasteiger partial charge in [0.05, 0.1) is 21.7 Å². The predicted molar refractivity (Wildman–Crippen MR) is 124 cm³/mol. The quantitative estimate of drug-likeness (QED) is 0.376. The van der Waals surface area contributed by atoms with Crippen LogP contribution in [0, 0.1) is 6.92 Å². The van der Waals surface area contributed by atoms with E-state index in [0.29, 0.717) is 12.1 Å². The van der Waals surface area contributed by atoms with Crippen LogP contribution in [-0.4, -0.2) is 28.0 Å². The van der Waals surface area contributed by atoms with Gasteiger partial charge in [-0.3, -0.25) is 9.10 Å². The lowest BCUT2D eigenvalue weighted by Crippen LogP contribution is -2.26. The molecular formula is C24H20F6N2O4S. The zero-order valence-corrected chi connectivity index (χ0v) is 20.1. The molecule has 1 N–H and O–H groups in total. The highest BCUT2D eigenvalue weighted by molar-refractivity contribution is 7.92. The number of nitrogens with one attached hydrogen (secondary N) is 1. The summed E-state index contributed by atoms with van der Waals surface area (Å²) in [6.07, 6.45) is -10.1. The van der Waals surface area contributed by atoms with Crippen molar-refractivity contribution in [3.63, 3.8) is 0 Å². The van der Waals surface area contributed by atoms with Gasteiger partial charge in [0.25, 0.3) is 15.9 Å². The Morgan fingerprint density at radius 2 is 1.38 bits per heavy atom. The van der Waals surface area contributed by atoms with Crippen molar-refractivity contribution in [1.82, 2.24) is 0 Å². The lowest BCUT2D eigenvalue weighted by Gasteiger charge is -2.20. The number of amides is 1. The summed E-state index contributed by atoms with van der Waals surface area (Å²) < 4.78 is 110. The maximum absolute atomic E-state index is 13.0. The van der Waals surface area contributed by atoms with Crippen LogP contribution in [-0.2, 0) is 27.2 Å². The number of carbonyl (C=O) groups excluding carboxylic acids is 1. The molecule has 3 aromatic rings. The standard InChI is InChI=1S/C24H20F6N2O4S/c1-15-3-9-21(10-4-15)37(34,35)32(2)19-5-7-20(8-6-19)36-14-22(33)31-18-12-16(23(25,26)27)11-17(13-18)24(28,29)30/h3-13H,14H2,1-2H3,(H,31,33). The topological polar surface area (TPSA) is 75.7 Å². The average molecular weight is 546 g/mol. The fraction of sp³-hybridized carbons (Fsp3) is 0.208. The van der Waals surface area contributed by atoms with Gasteiger partial charge in [-0.05, 0) is 61.5 Å². The SMILES string of the molecule is Cc1ccc(S(=O)(=O)N(C)c2ccc(OCC(=O)Nc3cc(C(F)(F)F)cc(C(F)(F)F)c3)cc2)cc1. The number of alkyl halides is 6. The summed E-state index contributed by atoms with van der Waals surface area (Å²) >= 11 is 0. The third kappa shape index (κ3) is 6.94. The lowest BCUT2D eigenvalue weighted by atomic mass is 10.1. The van der Waals surface area contributed by atoms with Gasteiger partial charge >= 0.3 is 12.4 Å². The molecule has 3 rings (SSSR count). The summed E-state index contributed by atoms with van der Waals surface area (Å²) in [4.78, 5) is 12.2. The summed E-state index contributed by atoms with van der Waals surface area (Å²) in [7, 11) is -2.49. The van der Waals surface area contributed by atoms with Crippen LogP contribution in [0.5, 0.6) is 5.75 Å². The van der Waals surface area contributed by atoms with E-state index in [2.05, 4.69) is 0 Å². The molecule has 0 radical (unpaired) electrons. The van der Waals surface area contributed by atoms with Gasteiger partial charge in [-0.1, -0.05) is 17.7 Å². The van der Waals surface area contributed by atoms with Crippen LogP contribution in [0.4, 0.5) is 37.7 Å². The molecule has 198 valence electrons. The van der Waals surface area contributed by atoms with Crippen LogP contribution in [0.2, 0.25) is 0 Å². The number of hydrogen-bond donors (Lipinski definition) is 1. The van der Waals surface area contributed by atoms with Gasteiger partial charge in [-0.25, -0.2) is 8.42 Å². The number of rotatable bonds is 7. The molecule has 0 bridgehead atoms. The number of anilines is 2. The zero-order chi connectivity index (χ0) is 27.6. The van der Waals surface area contributed by atoms with E-state index in [9.17, 15) is 39.6 Å². The number of aryl methyl sites for hydroxylation is 1. The van der Waals surface area contributed by atoms with Gasteiger partial charge in [-0.2, -0.15) is 26.3 Å². The zero-order valence-electron chi connectivity index (χ0n) is 19.3. The monoisotopic (exact) mass is 546 g/mol. The van der Waals surface area contributed by atoms with Gasteiger partial charge < -0.3 is 10.1 Å². The average Bonchev–Trinajstić information content (AvgIpc) is 2.81. The first kappa shape index (κ1) is 27.8. The Hall–Kier alpha value is -3.74. The van der Waals surface area contributed by atoms with Gasteiger partial charge in [0.1, 0.15) is 5.75 Å². The Kier molecular flexibility index (Phi) is 7.77. The fourth-order valence-electron chi connectivity index (χ4n) is 3.13. The molecule has 3 aromatic carbocycles. The number of ether oxygens (including phenoxy) is 1. The van der Waals surface area contributed by atoms with Crippen molar-refractivity contribution in [2.45, 2.75) is 24.2 Å². The molecule has 0 aliphatic heterocycles. The Bertz CT molecular complexity index is 1340. The first-order valence-corrected chi connectivity index (χ1v) is 11.9. The minimum absolute atomic E-state index is 0.0518. The largest absolute Gasteiger partial charge is 0.484 e. The van der Waals surface area contributed by atoms with Crippen molar-refractivity contribution in [2.24, 2.45) is 0 Å². The molecule has 0 atom stereocenters. The van der Waals surface area contributed by atoms with E-state index < -0.39 is 51.7 Å². The fourth-order valence-corrected chi connectivity index (χ4v) is 4.33. The van der Waals surface area contributed by atoms with E-state index in [0.717, 1.165) is 9.87 Å². The molecule has 0 heterocycles. The molecule has 0 aliphatic carbocycles. The Morgan fingerprint density at radius 3 is 1.86 bits per heavy atom. The number of hydrogen-bond acceptors (Lipinski definition) is 4. The van der Waals surface area contributed by atoms with Gasteiger partial charge in [0, 0.05) is 12.7 Å². The first-order valence-electron chi connectivity index (χ1n) is 10.5. The maximum Gasteiger partial charge on any atom is 0.416 e. The van der Waals surface area contributed by atoms with Crippen molar-refractivity contribution in [3.05, 3.63) is 83.4 Å². The Labute approximate surface area is 208 Å². The van der Waals surface area contributed by atoms with Crippen molar-refractivity contribution in [1.29, 1.82) is 0 Å². The second kappa shape index (κ2) is 10.3. The molecular weight excluding hydrogens is 526 g/mol. The summed E-state index contributed by atoms with van der Waals surface area (Å²) in [6, 6.07) is 12.5. The molecule has 0 aliphatic rings. The number of nitrogens with zero attached hydrogens (tertiary/aromatic N) is 1. The molecule has 0 saturated heterocycles. The molecule has 0 unspecified atom stereocenters. The van der Waals surface area contributed by atoms with E-state index in [1.165, 1.54) is 43.4 Å². The van der Waals surface area contributed by atoms with Crippen LogP contribution in [0.15, 0.2) is 71.6 Å². The van der Waals surface area contributed by atoms with Gasteiger partial charge in [-0.15, -0.1) is 0 Å². The molecule has 0 aromatic heterocycles.